The highest BCUT2D eigenvalue weighted by molar-refractivity contribution is 7.13. The number of thiazole rings is 1. The molecule has 0 atom stereocenters. The Morgan fingerprint density at radius 1 is 1.29 bits per heavy atom. The minimum absolute atomic E-state index is 0.0401. The molecule has 5 nitrogen and oxygen atoms in total. The maximum absolute atomic E-state index is 12.3. The van der Waals surface area contributed by atoms with Gasteiger partial charge in [0.05, 0.1) is 5.69 Å². The van der Waals surface area contributed by atoms with E-state index in [9.17, 15) is 4.79 Å². The molecule has 24 heavy (non-hydrogen) atoms. The lowest BCUT2D eigenvalue weighted by molar-refractivity contribution is 0.189. The van der Waals surface area contributed by atoms with Crippen LogP contribution in [0.2, 0.25) is 0 Å². The van der Waals surface area contributed by atoms with E-state index in [0.717, 1.165) is 38.2 Å². The first-order valence-corrected chi connectivity index (χ1v) is 9.26. The second kappa shape index (κ2) is 7.77. The first-order chi connectivity index (χ1) is 11.6. The molecule has 0 saturated carbocycles. The molecule has 6 heteroatoms. The van der Waals surface area contributed by atoms with Gasteiger partial charge in [0.25, 0.3) is 0 Å². The van der Waals surface area contributed by atoms with Crippen LogP contribution < -0.4 is 10.6 Å². The van der Waals surface area contributed by atoms with Crippen LogP contribution in [0.1, 0.15) is 29.7 Å². The van der Waals surface area contributed by atoms with Gasteiger partial charge in [0.1, 0.15) is 0 Å². The molecule has 128 valence electrons. The second-order valence-electron chi connectivity index (χ2n) is 6.29. The first kappa shape index (κ1) is 16.9. The van der Waals surface area contributed by atoms with Gasteiger partial charge >= 0.3 is 6.03 Å². The molecule has 2 aromatic rings. The van der Waals surface area contributed by atoms with Crippen LogP contribution in [0.25, 0.3) is 0 Å². The number of aromatic nitrogens is 1. The van der Waals surface area contributed by atoms with Gasteiger partial charge in [0.15, 0.2) is 5.13 Å². The van der Waals surface area contributed by atoms with E-state index in [-0.39, 0.29) is 6.03 Å². The van der Waals surface area contributed by atoms with Crippen LogP contribution in [0.3, 0.4) is 0 Å². The van der Waals surface area contributed by atoms with Gasteiger partial charge in [-0.05, 0) is 37.8 Å². The zero-order valence-corrected chi connectivity index (χ0v) is 15.0. The molecule has 0 unspecified atom stereocenters. The van der Waals surface area contributed by atoms with Crippen LogP contribution in [0, 0.1) is 13.8 Å². The molecule has 2 amide bonds. The normalized spacial score (nSPS) is 15.5. The van der Waals surface area contributed by atoms with Crippen molar-refractivity contribution in [2.24, 2.45) is 0 Å². The van der Waals surface area contributed by atoms with Crippen molar-refractivity contribution in [3.63, 3.8) is 0 Å². The predicted molar refractivity (Wildman–Crippen MR) is 98.5 cm³/mol. The maximum Gasteiger partial charge on any atom is 0.323 e. The number of likely N-dealkylation sites (tertiary alicyclic amines) is 1. The summed E-state index contributed by atoms with van der Waals surface area (Å²) in [5, 5.41) is 9.13. The van der Waals surface area contributed by atoms with E-state index in [2.05, 4.69) is 46.8 Å². The zero-order chi connectivity index (χ0) is 16.9. The lowest BCUT2D eigenvalue weighted by atomic mass is 10.0. The Kier molecular flexibility index (Phi) is 5.48. The molecule has 3 rings (SSSR count). The summed E-state index contributed by atoms with van der Waals surface area (Å²) in [5.41, 5.74) is 3.60. The monoisotopic (exact) mass is 344 g/mol. The van der Waals surface area contributed by atoms with Crippen molar-refractivity contribution in [1.82, 2.24) is 15.2 Å². The molecule has 0 radical (unpaired) electrons. The van der Waals surface area contributed by atoms with Crippen LogP contribution in [0.4, 0.5) is 9.93 Å². The lowest BCUT2D eigenvalue weighted by Gasteiger charge is -2.32. The molecule has 2 heterocycles. The molecule has 0 aliphatic carbocycles. The number of hydrogen-bond acceptors (Lipinski definition) is 4. The van der Waals surface area contributed by atoms with Crippen LogP contribution in [0.5, 0.6) is 0 Å². The molecule has 0 bridgehead atoms. The molecule has 1 aliphatic heterocycles. The van der Waals surface area contributed by atoms with Crippen molar-refractivity contribution >= 4 is 22.5 Å². The number of benzene rings is 1. The van der Waals surface area contributed by atoms with E-state index in [1.807, 2.05) is 17.2 Å². The molecule has 1 aliphatic rings. The summed E-state index contributed by atoms with van der Waals surface area (Å²) in [5.74, 6) is 0. The van der Waals surface area contributed by atoms with E-state index in [1.165, 1.54) is 22.5 Å². The van der Waals surface area contributed by atoms with Crippen molar-refractivity contribution < 1.29 is 4.79 Å². The number of nitrogens with one attached hydrogen (secondary N) is 2. The number of amides is 2. The zero-order valence-electron chi connectivity index (χ0n) is 14.2. The molecular formula is C18H24N4OS. The third-order valence-electron chi connectivity index (χ3n) is 4.46. The standard InChI is InChI=1S/C18H24N4OS/c1-13-5-3-4-6-15(13)11-19-16-7-9-22(10-8-16)18(23)21-17-20-14(2)12-24-17/h3-6,12,16,19H,7-11H2,1-2H3,(H,20,21,23). The van der Waals surface area contributed by atoms with Crippen molar-refractivity contribution in [3.05, 3.63) is 46.5 Å². The summed E-state index contributed by atoms with van der Waals surface area (Å²) < 4.78 is 0. The number of aryl methyl sites for hydroxylation is 2. The van der Waals surface area contributed by atoms with E-state index >= 15 is 0 Å². The Bertz CT molecular complexity index is 692. The molecule has 2 N–H and O–H groups in total. The van der Waals surface area contributed by atoms with Gasteiger partial charge in [-0.15, -0.1) is 11.3 Å². The Balaban J connectivity index is 1.44. The molecule has 1 fully saturated rings. The van der Waals surface area contributed by atoms with Gasteiger partial charge in [0.2, 0.25) is 0 Å². The van der Waals surface area contributed by atoms with Gasteiger partial charge in [-0.2, -0.15) is 0 Å². The summed E-state index contributed by atoms with van der Waals surface area (Å²) in [6.45, 7) is 6.52. The fourth-order valence-corrected chi connectivity index (χ4v) is 3.61. The number of nitrogens with zero attached hydrogens (tertiary/aromatic N) is 2. The molecule has 1 aromatic heterocycles. The number of carbonyl (C=O) groups is 1. The smallest absolute Gasteiger partial charge is 0.323 e. The highest BCUT2D eigenvalue weighted by atomic mass is 32.1. The largest absolute Gasteiger partial charge is 0.324 e. The number of anilines is 1. The second-order valence-corrected chi connectivity index (χ2v) is 7.15. The van der Waals surface area contributed by atoms with Gasteiger partial charge in [0, 0.05) is 31.1 Å². The molecule has 1 aromatic carbocycles. The number of hydrogen-bond donors (Lipinski definition) is 2. The van der Waals surface area contributed by atoms with Crippen LogP contribution in [-0.2, 0) is 6.54 Å². The summed E-state index contributed by atoms with van der Waals surface area (Å²) in [7, 11) is 0. The third kappa shape index (κ3) is 4.33. The van der Waals surface area contributed by atoms with Crippen molar-refractivity contribution in [3.8, 4) is 0 Å². The third-order valence-corrected chi connectivity index (χ3v) is 5.33. The van der Waals surface area contributed by atoms with Gasteiger partial charge in [-0.25, -0.2) is 9.78 Å². The SMILES string of the molecule is Cc1csc(NC(=O)N2CCC(NCc3ccccc3C)CC2)n1. The number of rotatable bonds is 4. The van der Waals surface area contributed by atoms with E-state index in [0.29, 0.717) is 11.2 Å². The van der Waals surface area contributed by atoms with E-state index < -0.39 is 0 Å². The van der Waals surface area contributed by atoms with Gasteiger partial charge in [-0.3, -0.25) is 5.32 Å². The topological polar surface area (TPSA) is 57.3 Å². The Hall–Kier alpha value is -1.92. The Labute approximate surface area is 147 Å². The van der Waals surface area contributed by atoms with E-state index in [1.54, 1.807) is 0 Å². The van der Waals surface area contributed by atoms with Crippen LogP contribution >= 0.6 is 11.3 Å². The van der Waals surface area contributed by atoms with E-state index in [4.69, 9.17) is 0 Å². The molecular weight excluding hydrogens is 320 g/mol. The highest BCUT2D eigenvalue weighted by Gasteiger charge is 2.23. The van der Waals surface area contributed by atoms with Crippen molar-refractivity contribution in [2.45, 2.75) is 39.3 Å². The van der Waals surface area contributed by atoms with Crippen LogP contribution in [0.15, 0.2) is 29.6 Å². The fourth-order valence-electron chi connectivity index (χ4n) is 2.93. The molecule has 0 spiro atoms. The summed E-state index contributed by atoms with van der Waals surface area (Å²) in [4.78, 5) is 18.4. The average molecular weight is 344 g/mol. The van der Waals surface area contributed by atoms with Gasteiger partial charge in [-0.1, -0.05) is 24.3 Å². The predicted octanol–water partition coefficient (Wildman–Crippen LogP) is 3.55. The summed E-state index contributed by atoms with van der Waals surface area (Å²) in [6.07, 6.45) is 1.96. The van der Waals surface area contributed by atoms with Crippen molar-refractivity contribution in [2.75, 3.05) is 18.4 Å². The number of carbonyl (C=O) groups excluding carboxylic acids is 1. The number of piperidine rings is 1. The Morgan fingerprint density at radius 2 is 2.04 bits per heavy atom. The van der Waals surface area contributed by atoms with Crippen LogP contribution in [-0.4, -0.2) is 35.0 Å². The Morgan fingerprint density at radius 3 is 2.71 bits per heavy atom. The first-order valence-electron chi connectivity index (χ1n) is 8.38. The van der Waals surface area contributed by atoms with Crippen molar-refractivity contribution in [1.29, 1.82) is 0 Å². The summed E-state index contributed by atoms with van der Waals surface area (Å²) >= 11 is 1.47. The minimum atomic E-state index is -0.0401. The lowest BCUT2D eigenvalue weighted by Crippen LogP contribution is -2.46. The number of urea groups is 1. The maximum atomic E-state index is 12.3. The fraction of sp³-hybridized carbons (Fsp3) is 0.444. The highest BCUT2D eigenvalue weighted by Crippen LogP contribution is 2.17. The minimum Gasteiger partial charge on any atom is -0.324 e. The quantitative estimate of drug-likeness (QED) is 0.892. The molecule has 1 saturated heterocycles. The average Bonchev–Trinajstić information content (AvgIpc) is 2.99. The van der Waals surface area contributed by atoms with Gasteiger partial charge < -0.3 is 10.2 Å². The summed E-state index contributed by atoms with van der Waals surface area (Å²) in [6, 6.07) is 8.89.